The van der Waals surface area contributed by atoms with E-state index in [0.717, 1.165) is 20.3 Å². The molecular weight excluding hydrogens is 989 g/mol. The summed E-state index contributed by atoms with van der Waals surface area (Å²) < 4.78 is 47.8. The Kier molecular flexibility index (Phi) is 15.6. The van der Waals surface area contributed by atoms with Gasteiger partial charge in [-0.15, -0.1) is 16.4 Å². The van der Waals surface area contributed by atoms with Crippen LogP contribution in [-0.2, 0) is 47.6 Å². The van der Waals surface area contributed by atoms with Crippen molar-refractivity contribution in [3.8, 4) is 10.4 Å². The van der Waals surface area contributed by atoms with Gasteiger partial charge in [-0.3, -0.25) is 28.3 Å². The number of aromatic nitrogens is 8. The number of anilines is 2. The van der Waals surface area contributed by atoms with Crippen LogP contribution in [0.2, 0.25) is 5.02 Å². The van der Waals surface area contributed by atoms with E-state index in [4.69, 9.17) is 11.6 Å². The number of unbranched alkanes of at least 4 members (excludes halogenated alkanes) is 2. The molecule has 8 rings (SSSR count). The molecular formula is C50H54ClF3N12O6S. The number of aryl methyl sites for hydroxylation is 3. The van der Waals surface area contributed by atoms with Gasteiger partial charge in [-0.1, -0.05) is 68.3 Å². The number of nitrogens with zero attached hydrogens (tertiary/aromatic N) is 9. The van der Waals surface area contributed by atoms with Gasteiger partial charge in [0.25, 0.3) is 0 Å². The largest absolute Gasteiger partial charge is 0.391 e. The van der Waals surface area contributed by atoms with Crippen molar-refractivity contribution in [1.29, 1.82) is 0 Å². The van der Waals surface area contributed by atoms with Crippen LogP contribution in [0.5, 0.6) is 0 Å². The number of hydrogen-bond acceptors (Lipinski definition) is 12. The second-order valence-corrected chi connectivity index (χ2v) is 20.6. The highest BCUT2D eigenvalue weighted by Crippen LogP contribution is 2.31. The number of rotatable bonds is 18. The smallest absolute Gasteiger partial charge is 0.355 e. The van der Waals surface area contributed by atoms with Crippen molar-refractivity contribution >= 4 is 63.2 Å². The summed E-state index contributed by atoms with van der Waals surface area (Å²) in [4.78, 5) is 75.0. The number of fused-ring (bicyclic) bond motifs is 1. The maximum atomic E-state index is 14.9. The lowest BCUT2D eigenvalue weighted by atomic mass is 9.85. The highest BCUT2D eigenvalue weighted by atomic mass is 35.5. The third kappa shape index (κ3) is 12.2. The van der Waals surface area contributed by atoms with Crippen LogP contribution in [-0.4, -0.2) is 91.4 Å². The summed E-state index contributed by atoms with van der Waals surface area (Å²) in [6.07, 6.45) is 4.10. The van der Waals surface area contributed by atoms with Crippen LogP contribution in [0, 0.1) is 29.8 Å². The van der Waals surface area contributed by atoms with Crippen molar-refractivity contribution in [2.75, 3.05) is 11.9 Å². The topological polar surface area (TPSA) is 216 Å². The highest BCUT2D eigenvalue weighted by molar-refractivity contribution is 7.13. The fraction of sp³-hybridized carbons (Fsp3) is 0.380. The van der Waals surface area contributed by atoms with Crippen LogP contribution in [0.25, 0.3) is 21.3 Å². The number of carbonyl (C=O) groups is 3. The third-order valence-electron chi connectivity index (χ3n) is 12.5. The Bertz CT molecular complexity index is 3310. The predicted octanol–water partition coefficient (Wildman–Crippen LogP) is 6.20. The average Bonchev–Trinajstić information content (AvgIpc) is 4.15. The Morgan fingerprint density at radius 3 is 2.42 bits per heavy atom. The summed E-state index contributed by atoms with van der Waals surface area (Å²) in [6.45, 7) is 7.01. The van der Waals surface area contributed by atoms with E-state index in [-0.39, 0.29) is 54.2 Å². The van der Waals surface area contributed by atoms with Crippen molar-refractivity contribution < 1.29 is 32.7 Å². The van der Waals surface area contributed by atoms with Crippen molar-refractivity contribution in [2.45, 2.75) is 104 Å². The zero-order valence-electron chi connectivity index (χ0n) is 40.7. The summed E-state index contributed by atoms with van der Waals surface area (Å²) in [7, 11) is 1.72. The first kappa shape index (κ1) is 52.2. The van der Waals surface area contributed by atoms with Gasteiger partial charge in [-0.05, 0) is 71.5 Å². The van der Waals surface area contributed by atoms with E-state index >= 15 is 0 Å². The lowest BCUT2D eigenvalue weighted by molar-refractivity contribution is -0.144. The quantitative estimate of drug-likeness (QED) is 0.0561. The van der Waals surface area contributed by atoms with Crippen LogP contribution >= 0.6 is 22.9 Å². The highest BCUT2D eigenvalue weighted by Gasteiger charge is 2.44. The Morgan fingerprint density at radius 2 is 1.70 bits per heavy atom. The molecule has 1 aliphatic rings. The molecule has 1 fully saturated rings. The molecule has 3 amide bonds. The molecule has 1 saturated heterocycles. The molecule has 18 nitrogen and oxygen atoms in total. The van der Waals surface area contributed by atoms with Gasteiger partial charge in [-0.25, -0.2) is 27.3 Å². The molecule has 0 aliphatic carbocycles. The monoisotopic (exact) mass is 1040 g/mol. The number of nitrogens with one attached hydrogen (secondary N) is 3. The molecule has 0 saturated carbocycles. The minimum atomic E-state index is -1.42. The summed E-state index contributed by atoms with van der Waals surface area (Å²) >= 11 is 8.17. The maximum Gasteiger partial charge on any atom is 0.355 e. The molecule has 5 heterocycles. The number of likely N-dealkylation sites (tertiary alicyclic amines) is 1. The van der Waals surface area contributed by atoms with Gasteiger partial charge in [0.15, 0.2) is 11.6 Å². The van der Waals surface area contributed by atoms with E-state index < -0.39 is 82.9 Å². The molecule has 4 N–H and O–H groups in total. The summed E-state index contributed by atoms with van der Waals surface area (Å²) in [5.41, 5.74) is 1.05. The normalized spacial score (nSPS) is 15.2. The van der Waals surface area contributed by atoms with Gasteiger partial charge in [0.05, 0.1) is 41.6 Å². The van der Waals surface area contributed by atoms with Gasteiger partial charge >= 0.3 is 11.4 Å². The Hall–Kier alpha value is -7.17. The van der Waals surface area contributed by atoms with Gasteiger partial charge < -0.3 is 26.0 Å². The number of aliphatic hydroxyl groups is 1. The SMILES string of the molecule is Cc1ccsc1-c1ccc(CNC(=O)[C@@H]2C[C@@H](O)CN2C(=O)[C@@H](NC(=O)CCCCCn2cc(Cn3c(=O)nc(Nc4cc5cn(C)nc5cc4Cl)n(Cc4cc(F)c(F)cc4F)c3=O)nn2)C(C)(C)C)cc1. The first-order valence-corrected chi connectivity index (χ1v) is 24.8. The molecule has 7 aromatic rings. The summed E-state index contributed by atoms with van der Waals surface area (Å²) in [5.74, 6) is -5.45. The Labute approximate surface area is 425 Å². The summed E-state index contributed by atoms with van der Waals surface area (Å²) in [5, 5.41) is 34.7. The van der Waals surface area contributed by atoms with Gasteiger partial charge in [0, 0.05) is 67.6 Å². The second-order valence-electron chi connectivity index (χ2n) is 19.2. The van der Waals surface area contributed by atoms with E-state index in [1.807, 2.05) is 50.4 Å². The first-order valence-electron chi connectivity index (χ1n) is 23.6. The number of amides is 3. The van der Waals surface area contributed by atoms with E-state index in [1.165, 1.54) is 26.2 Å². The standard InChI is InChI=1S/C50H54ClF3N12O6S/c1-28-14-16-73-43(28)30-12-10-29(11-13-30)22-55-45(69)41-19-34(67)27-64(41)46(70)44(50(2,3)4)57-42(68)9-7-6-8-15-63-25-33(59-61-63)26-66-48(71)58-47(56-40-18-32-23-62(5)60-39(32)20-35(40)51)65(49(66)72)24-31-17-37(53)38(54)21-36(31)52/h10-14,16-18,20-21,23,25,34,41,44,67H,6-9,15,19,22,24,26-27H2,1-5H3,(H,55,69)(H,57,68)(H,56,58,71)/t34-,41+,44-/m1/s1. The first-order chi connectivity index (χ1) is 34.7. The average molecular weight is 1040 g/mol. The van der Waals surface area contributed by atoms with E-state index in [1.54, 1.807) is 41.4 Å². The molecule has 0 spiro atoms. The van der Waals surface area contributed by atoms with E-state index in [2.05, 4.69) is 49.3 Å². The molecule has 0 radical (unpaired) electrons. The fourth-order valence-corrected chi connectivity index (χ4v) is 9.80. The van der Waals surface area contributed by atoms with Crippen LogP contribution in [0.15, 0.2) is 82.0 Å². The molecule has 1 aliphatic heterocycles. The number of halogens is 4. The fourth-order valence-electron chi connectivity index (χ4n) is 8.67. The maximum absolute atomic E-state index is 14.9. The minimum Gasteiger partial charge on any atom is -0.391 e. The lowest BCUT2D eigenvalue weighted by Crippen LogP contribution is -2.57. The zero-order valence-corrected chi connectivity index (χ0v) is 42.2. The van der Waals surface area contributed by atoms with Gasteiger partial charge in [0.2, 0.25) is 23.7 Å². The third-order valence-corrected chi connectivity index (χ3v) is 13.9. The number of hydrogen-bond donors (Lipinski definition) is 4. The lowest BCUT2D eigenvalue weighted by Gasteiger charge is -2.35. The number of benzene rings is 3. The molecule has 3 atom stereocenters. The van der Waals surface area contributed by atoms with E-state index in [0.29, 0.717) is 48.8 Å². The van der Waals surface area contributed by atoms with Crippen LogP contribution in [0.4, 0.5) is 24.8 Å². The summed E-state index contributed by atoms with van der Waals surface area (Å²) in [6, 6.07) is 12.2. The van der Waals surface area contributed by atoms with Crippen molar-refractivity contribution in [2.24, 2.45) is 12.5 Å². The molecule has 3 aromatic carbocycles. The minimum absolute atomic E-state index is 0.0461. The van der Waals surface area contributed by atoms with Crippen molar-refractivity contribution in [3.05, 3.63) is 138 Å². The molecule has 384 valence electrons. The van der Waals surface area contributed by atoms with Crippen molar-refractivity contribution in [1.82, 2.24) is 54.4 Å². The molecule has 73 heavy (non-hydrogen) atoms. The van der Waals surface area contributed by atoms with Gasteiger partial charge in [-0.2, -0.15) is 10.1 Å². The van der Waals surface area contributed by atoms with Crippen LogP contribution in [0.3, 0.4) is 0 Å². The van der Waals surface area contributed by atoms with Crippen LogP contribution < -0.4 is 27.3 Å². The van der Waals surface area contributed by atoms with Crippen LogP contribution in [0.1, 0.15) is 75.3 Å². The predicted molar refractivity (Wildman–Crippen MR) is 269 cm³/mol. The molecule has 23 heteroatoms. The number of aliphatic hydroxyl groups excluding tert-OH is 1. The van der Waals surface area contributed by atoms with Crippen molar-refractivity contribution in [3.63, 3.8) is 0 Å². The number of β-amino-alcohol motifs (C(OH)–C–C–N with tert-alkyl or cyclic N) is 1. The molecule has 0 unspecified atom stereocenters. The van der Waals surface area contributed by atoms with Gasteiger partial charge in [0.1, 0.15) is 23.6 Å². The number of carbonyl (C=O) groups excluding carboxylic acids is 3. The Morgan fingerprint density at radius 1 is 0.945 bits per heavy atom. The van der Waals surface area contributed by atoms with E-state index in [9.17, 15) is 42.3 Å². The second kappa shape index (κ2) is 21.9. The molecule has 0 bridgehead atoms. The Balaban J connectivity index is 0.858. The zero-order chi connectivity index (χ0) is 52.3. The molecule has 4 aromatic heterocycles. The number of thiophene rings is 1.